The monoisotopic (exact) mass is 166 g/mol. The number of hydrogen-bond donors (Lipinski definition) is 0. The Morgan fingerprint density at radius 1 is 1.50 bits per heavy atom. The van der Waals surface area contributed by atoms with Gasteiger partial charge in [-0.05, 0) is 18.8 Å². The SMILES string of the molecule is C[C@H]1CCCC2COC(=O)C=C21. The summed E-state index contributed by atoms with van der Waals surface area (Å²) in [5.41, 5.74) is 1.33. The van der Waals surface area contributed by atoms with Crippen molar-refractivity contribution in [3.05, 3.63) is 11.6 Å². The highest BCUT2D eigenvalue weighted by Crippen LogP contribution is 2.35. The Morgan fingerprint density at radius 3 is 3.17 bits per heavy atom. The van der Waals surface area contributed by atoms with Crippen molar-refractivity contribution in [1.82, 2.24) is 0 Å². The molecule has 2 aliphatic rings. The predicted octanol–water partition coefficient (Wildman–Crippen LogP) is 1.91. The van der Waals surface area contributed by atoms with Crippen LogP contribution in [0.3, 0.4) is 0 Å². The lowest BCUT2D eigenvalue weighted by Crippen LogP contribution is -2.27. The van der Waals surface area contributed by atoms with E-state index >= 15 is 0 Å². The first kappa shape index (κ1) is 7.84. The summed E-state index contributed by atoms with van der Waals surface area (Å²) in [6.07, 6.45) is 5.41. The topological polar surface area (TPSA) is 26.3 Å². The number of hydrogen-bond acceptors (Lipinski definition) is 2. The highest BCUT2D eigenvalue weighted by molar-refractivity contribution is 5.83. The lowest BCUT2D eigenvalue weighted by Gasteiger charge is -2.32. The summed E-state index contributed by atoms with van der Waals surface area (Å²) in [5, 5.41) is 0. The molecular formula is C10H14O2. The van der Waals surface area contributed by atoms with Gasteiger partial charge in [0, 0.05) is 12.0 Å². The van der Waals surface area contributed by atoms with Crippen molar-refractivity contribution in [1.29, 1.82) is 0 Å². The molecule has 66 valence electrons. The van der Waals surface area contributed by atoms with Crippen LogP contribution in [0.4, 0.5) is 0 Å². The number of ether oxygens (including phenoxy) is 1. The predicted molar refractivity (Wildman–Crippen MR) is 45.5 cm³/mol. The summed E-state index contributed by atoms with van der Waals surface area (Å²) in [6.45, 7) is 2.82. The summed E-state index contributed by atoms with van der Waals surface area (Å²) >= 11 is 0. The van der Waals surface area contributed by atoms with Gasteiger partial charge in [-0.15, -0.1) is 0 Å². The summed E-state index contributed by atoms with van der Waals surface area (Å²) in [4.78, 5) is 11.0. The van der Waals surface area contributed by atoms with Crippen LogP contribution in [-0.2, 0) is 9.53 Å². The minimum Gasteiger partial charge on any atom is -0.462 e. The molecule has 2 atom stereocenters. The van der Waals surface area contributed by atoms with Gasteiger partial charge in [-0.3, -0.25) is 0 Å². The van der Waals surface area contributed by atoms with Crippen LogP contribution in [0.2, 0.25) is 0 Å². The second-order valence-electron chi connectivity index (χ2n) is 3.80. The van der Waals surface area contributed by atoms with Crippen molar-refractivity contribution in [2.45, 2.75) is 26.2 Å². The second-order valence-corrected chi connectivity index (χ2v) is 3.80. The maximum absolute atomic E-state index is 11.0. The van der Waals surface area contributed by atoms with Gasteiger partial charge in [0.15, 0.2) is 0 Å². The van der Waals surface area contributed by atoms with Gasteiger partial charge in [0.25, 0.3) is 0 Å². The van der Waals surface area contributed by atoms with Gasteiger partial charge < -0.3 is 4.74 Å². The van der Waals surface area contributed by atoms with Crippen molar-refractivity contribution in [3.8, 4) is 0 Å². The van der Waals surface area contributed by atoms with E-state index in [1.165, 1.54) is 24.8 Å². The molecular weight excluding hydrogens is 152 g/mol. The minimum atomic E-state index is -0.144. The molecule has 1 aliphatic carbocycles. The van der Waals surface area contributed by atoms with E-state index in [1.54, 1.807) is 6.08 Å². The fourth-order valence-corrected chi connectivity index (χ4v) is 2.21. The van der Waals surface area contributed by atoms with Gasteiger partial charge in [0.2, 0.25) is 0 Å². The first-order valence-electron chi connectivity index (χ1n) is 4.65. The van der Waals surface area contributed by atoms with Gasteiger partial charge >= 0.3 is 5.97 Å². The van der Waals surface area contributed by atoms with E-state index in [0.29, 0.717) is 18.4 Å². The average molecular weight is 166 g/mol. The molecule has 0 bridgehead atoms. The largest absolute Gasteiger partial charge is 0.462 e. The van der Waals surface area contributed by atoms with Crippen LogP contribution in [0, 0.1) is 11.8 Å². The fraction of sp³-hybridized carbons (Fsp3) is 0.700. The van der Waals surface area contributed by atoms with E-state index in [0.717, 1.165) is 0 Å². The fourth-order valence-electron chi connectivity index (χ4n) is 2.21. The highest BCUT2D eigenvalue weighted by atomic mass is 16.5. The third-order valence-corrected chi connectivity index (χ3v) is 2.94. The maximum atomic E-state index is 11.0. The lowest BCUT2D eigenvalue weighted by atomic mass is 9.77. The second kappa shape index (κ2) is 2.92. The van der Waals surface area contributed by atoms with Gasteiger partial charge in [-0.25, -0.2) is 4.79 Å². The molecule has 0 spiro atoms. The number of esters is 1. The van der Waals surface area contributed by atoms with Crippen LogP contribution >= 0.6 is 0 Å². The van der Waals surface area contributed by atoms with Crippen molar-refractivity contribution in [2.75, 3.05) is 6.61 Å². The van der Waals surface area contributed by atoms with Gasteiger partial charge in [-0.1, -0.05) is 18.9 Å². The first-order chi connectivity index (χ1) is 5.77. The first-order valence-corrected chi connectivity index (χ1v) is 4.65. The molecule has 0 radical (unpaired) electrons. The normalized spacial score (nSPS) is 35.1. The van der Waals surface area contributed by atoms with Gasteiger partial charge in [0.1, 0.15) is 0 Å². The molecule has 0 amide bonds. The summed E-state index contributed by atoms with van der Waals surface area (Å²) in [6, 6.07) is 0. The molecule has 2 rings (SSSR count). The minimum absolute atomic E-state index is 0.144. The van der Waals surface area contributed by atoms with Crippen LogP contribution in [0.5, 0.6) is 0 Å². The number of rotatable bonds is 0. The molecule has 1 fully saturated rings. The van der Waals surface area contributed by atoms with Gasteiger partial charge in [0.05, 0.1) is 6.61 Å². The Bertz CT molecular complexity index is 230. The van der Waals surface area contributed by atoms with E-state index in [9.17, 15) is 4.79 Å². The summed E-state index contributed by atoms with van der Waals surface area (Å²) in [7, 11) is 0. The summed E-state index contributed by atoms with van der Waals surface area (Å²) in [5.74, 6) is 0.984. The van der Waals surface area contributed by atoms with Crippen molar-refractivity contribution in [2.24, 2.45) is 11.8 Å². The molecule has 1 aliphatic heterocycles. The van der Waals surface area contributed by atoms with Crippen molar-refractivity contribution in [3.63, 3.8) is 0 Å². The van der Waals surface area contributed by atoms with E-state index in [4.69, 9.17) is 4.74 Å². The lowest BCUT2D eigenvalue weighted by molar-refractivity contribution is -0.140. The third-order valence-electron chi connectivity index (χ3n) is 2.94. The number of carbonyl (C=O) groups excluding carboxylic acids is 1. The molecule has 0 aromatic carbocycles. The van der Waals surface area contributed by atoms with Crippen LogP contribution in [0.15, 0.2) is 11.6 Å². The highest BCUT2D eigenvalue weighted by Gasteiger charge is 2.29. The standard InChI is InChI=1S/C10H14O2/c1-7-3-2-4-8-6-12-10(11)5-9(7)8/h5,7-8H,2-4,6H2,1H3/t7-,8?/m0/s1. The summed E-state index contributed by atoms with van der Waals surface area (Å²) < 4.78 is 4.98. The Kier molecular flexibility index (Phi) is 1.91. The molecule has 1 heterocycles. The average Bonchev–Trinajstić information content (AvgIpc) is 2.07. The molecule has 2 heteroatoms. The van der Waals surface area contributed by atoms with E-state index in [-0.39, 0.29) is 5.97 Å². The third kappa shape index (κ3) is 1.26. The number of carbonyl (C=O) groups is 1. The molecule has 0 aromatic heterocycles. The Hall–Kier alpha value is -0.790. The quantitative estimate of drug-likeness (QED) is 0.514. The van der Waals surface area contributed by atoms with Crippen LogP contribution in [-0.4, -0.2) is 12.6 Å². The molecule has 1 unspecified atom stereocenters. The zero-order valence-corrected chi connectivity index (χ0v) is 7.38. The molecule has 0 saturated heterocycles. The number of cyclic esters (lactones) is 1. The Balaban J connectivity index is 2.23. The van der Waals surface area contributed by atoms with Crippen molar-refractivity contribution < 1.29 is 9.53 Å². The molecule has 12 heavy (non-hydrogen) atoms. The van der Waals surface area contributed by atoms with E-state index < -0.39 is 0 Å². The smallest absolute Gasteiger partial charge is 0.330 e. The molecule has 2 nitrogen and oxygen atoms in total. The molecule has 1 saturated carbocycles. The van der Waals surface area contributed by atoms with Crippen LogP contribution < -0.4 is 0 Å². The molecule has 0 N–H and O–H groups in total. The maximum Gasteiger partial charge on any atom is 0.330 e. The zero-order valence-electron chi connectivity index (χ0n) is 7.38. The van der Waals surface area contributed by atoms with Crippen LogP contribution in [0.25, 0.3) is 0 Å². The van der Waals surface area contributed by atoms with Gasteiger partial charge in [-0.2, -0.15) is 0 Å². The molecule has 0 aromatic rings. The van der Waals surface area contributed by atoms with Crippen molar-refractivity contribution >= 4 is 5.97 Å². The van der Waals surface area contributed by atoms with E-state index in [2.05, 4.69) is 6.92 Å². The zero-order chi connectivity index (χ0) is 8.55. The Morgan fingerprint density at radius 2 is 2.33 bits per heavy atom. The number of fused-ring (bicyclic) bond motifs is 1. The van der Waals surface area contributed by atoms with Crippen LogP contribution in [0.1, 0.15) is 26.2 Å². The van der Waals surface area contributed by atoms with E-state index in [1.807, 2.05) is 0 Å². The Labute approximate surface area is 72.6 Å².